The minimum absolute atomic E-state index is 0.0262. The van der Waals surface area contributed by atoms with Crippen LogP contribution in [0.3, 0.4) is 0 Å². The molecular formula is C26H28F6N2O3. The predicted molar refractivity (Wildman–Crippen MR) is 122 cm³/mol. The lowest BCUT2D eigenvalue weighted by Crippen LogP contribution is -2.52. The number of carbonyl (C=O) groups excluding carboxylic acids is 1. The molecule has 2 fully saturated rings. The van der Waals surface area contributed by atoms with Crippen LogP contribution in [0.5, 0.6) is 0 Å². The van der Waals surface area contributed by atoms with Crippen molar-refractivity contribution in [3.8, 4) is 0 Å². The number of hydrogen-bond acceptors (Lipinski definition) is 4. The zero-order valence-corrected chi connectivity index (χ0v) is 20.0. The number of piperidine rings is 1. The van der Waals surface area contributed by atoms with Crippen molar-refractivity contribution in [2.75, 3.05) is 32.8 Å². The lowest BCUT2D eigenvalue weighted by molar-refractivity contribution is -0.147. The highest BCUT2D eigenvalue weighted by molar-refractivity contribution is 5.77. The Bertz CT molecular complexity index is 1050. The van der Waals surface area contributed by atoms with Crippen LogP contribution in [0.4, 0.5) is 26.3 Å². The highest BCUT2D eigenvalue weighted by Crippen LogP contribution is 2.40. The van der Waals surface area contributed by atoms with E-state index in [1.807, 2.05) is 35.3 Å². The van der Waals surface area contributed by atoms with Gasteiger partial charge in [-0.1, -0.05) is 30.3 Å². The van der Waals surface area contributed by atoms with Gasteiger partial charge in [-0.05, 0) is 48.6 Å². The van der Waals surface area contributed by atoms with E-state index in [0.717, 1.165) is 12.0 Å². The zero-order valence-electron chi connectivity index (χ0n) is 20.0. The molecule has 4 rings (SSSR count). The molecule has 0 saturated carbocycles. The smallest absolute Gasteiger partial charge is 0.393 e. The number of ether oxygens (including phenoxy) is 1. The van der Waals surface area contributed by atoms with Gasteiger partial charge in [0.25, 0.3) is 0 Å². The fraction of sp³-hybridized carbons (Fsp3) is 0.500. The third-order valence-electron chi connectivity index (χ3n) is 7.18. The highest BCUT2D eigenvalue weighted by atomic mass is 19.4. The predicted octanol–water partition coefficient (Wildman–Crippen LogP) is 5.35. The summed E-state index contributed by atoms with van der Waals surface area (Å²) in [6.07, 6.45) is -9.00. The molecule has 0 aliphatic carbocycles. The van der Waals surface area contributed by atoms with Crippen LogP contribution in [0, 0.1) is 0 Å². The Labute approximate surface area is 210 Å². The average molecular weight is 531 g/mol. The van der Waals surface area contributed by atoms with Gasteiger partial charge in [-0.2, -0.15) is 26.3 Å². The van der Waals surface area contributed by atoms with Crippen molar-refractivity contribution in [2.45, 2.75) is 49.6 Å². The average Bonchev–Trinajstić information content (AvgIpc) is 3.30. The number of alkyl halides is 6. The standard InChI is InChI=1S/C26H28F6N2O3/c27-25(28,29)20-13-18(14-21(15-20)26(30,31)32)22(16-35)37-17-24(19-5-2-1-3-6-19)8-11-33(12-9-24)34-10-4-7-23(34)36/h1-3,5-6,13-15,22,35H,4,7-12,16-17H2. The first-order chi connectivity index (χ1) is 17.4. The minimum atomic E-state index is -5.00. The van der Waals surface area contributed by atoms with Crippen LogP contribution < -0.4 is 0 Å². The second-order valence-electron chi connectivity index (χ2n) is 9.54. The van der Waals surface area contributed by atoms with E-state index >= 15 is 0 Å². The van der Waals surface area contributed by atoms with Crippen LogP contribution in [-0.2, 0) is 27.3 Å². The maximum absolute atomic E-state index is 13.4. The van der Waals surface area contributed by atoms with Crippen LogP contribution in [0.2, 0.25) is 0 Å². The number of hydrogen-bond donors (Lipinski definition) is 1. The molecule has 0 radical (unpaired) electrons. The van der Waals surface area contributed by atoms with E-state index in [-0.39, 0.29) is 18.6 Å². The molecule has 2 aromatic rings. The molecule has 1 amide bonds. The van der Waals surface area contributed by atoms with Gasteiger partial charge in [-0.25, -0.2) is 5.01 Å². The first kappa shape index (κ1) is 27.4. The van der Waals surface area contributed by atoms with Crippen LogP contribution in [-0.4, -0.2) is 53.9 Å². The van der Waals surface area contributed by atoms with Crippen LogP contribution >= 0.6 is 0 Å². The molecule has 0 aromatic heterocycles. The third-order valence-corrected chi connectivity index (χ3v) is 7.18. The van der Waals surface area contributed by atoms with E-state index in [9.17, 15) is 36.2 Å². The minimum Gasteiger partial charge on any atom is -0.393 e. The van der Waals surface area contributed by atoms with Crippen LogP contribution in [0.1, 0.15) is 54.0 Å². The number of carbonyl (C=O) groups is 1. The van der Waals surface area contributed by atoms with E-state index in [4.69, 9.17) is 4.74 Å². The van der Waals surface area contributed by atoms with Crippen molar-refractivity contribution in [2.24, 2.45) is 0 Å². The molecule has 5 nitrogen and oxygen atoms in total. The Morgan fingerprint density at radius 2 is 1.51 bits per heavy atom. The van der Waals surface area contributed by atoms with Crippen molar-refractivity contribution in [3.05, 3.63) is 70.8 Å². The first-order valence-electron chi connectivity index (χ1n) is 12.1. The Morgan fingerprint density at radius 1 is 0.919 bits per heavy atom. The van der Waals surface area contributed by atoms with Crippen molar-refractivity contribution in [1.82, 2.24) is 10.0 Å². The number of rotatable bonds is 7. The van der Waals surface area contributed by atoms with Gasteiger partial charge in [-0.15, -0.1) is 0 Å². The molecule has 2 heterocycles. The molecule has 202 valence electrons. The molecule has 37 heavy (non-hydrogen) atoms. The lowest BCUT2D eigenvalue weighted by atomic mass is 9.73. The van der Waals surface area contributed by atoms with Crippen molar-refractivity contribution < 1.29 is 41.0 Å². The number of halogens is 6. The number of hydrazine groups is 1. The Hall–Kier alpha value is -2.63. The third kappa shape index (κ3) is 6.10. The number of aliphatic hydroxyl groups excluding tert-OH is 1. The summed E-state index contributed by atoms with van der Waals surface area (Å²) in [4.78, 5) is 12.2. The van der Waals surface area contributed by atoms with Crippen molar-refractivity contribution in [1.29, 1.82) is 0 Å². The molecule has 2 saturated heterocycles. The second-order valence-corrected chi connectivity index (χ2v) is 9.54. The quantitative estimate of drug-likeness (QED) is 0.491. The summed E-state index contributed by atoms with van der Waals surface area (Å²) >= 11 is 0. The highest BCUT2D eigenvalue weighted by Gasteiger charge is 2.41. The molecule has 0 spiro atoms. The van der Waals surface area contributed by atoms with Gasteiger partial charge in [0, 0.05) is 31.5 Å². The summed E-state index contributed by atoms with van der Waals surface area (Å²) in [7, 11) is 0. The van der Waals surface area contributed by atoms with E-state index in [1.54, 1.807) is 5.01 Å². The molecule has 2 aliphatic rings. The monoisotopic (exact) mass is 530 g/mol. The van der Waals surface area contributed by atoms with Gasteiger partial charge in [0.15, 0.2) is 0 Å². The van der Waals surface area contributed by atoms with Gasteiger partial charge < -0.3 is 9.84 Å². The fourth-order valence-corrected chi connectivity index (χ4v) is 5.08. The molecular weight excluding hydrogens is 502 g/mol. The van der Waals surface area contributed by atoms with Crippen LogP contribution in [0.15, 0.2) is 48.5 Å². The Balaban J connectivity index is 1.58. The topological polar surface area (TPSA) is 53.0 Å². The molecule has 11 heteroatoms. The molecule has 1 atom stereocenters. The summed E-state index contributed by atoms with van der Waals surface area (Å²) in [6.45, 7) is 0.905. The van der Waals surface area contributed by atoms with E-state index in [0.29, 0.717) is 51.0 Å². The molecule has 1 unspecified atom stereocenters. The van der Waals surface area contributed by atoms with Crippen molar-refractivity contribution in [3.63, 3.8) is 0 Å². The summed E-state index contributed by atoms with van der Waals surface area (Å²) in [5.74, 6) is 0.0637. The summed E-state index contributed by atoms with van der Waals surface area (Å²) in [6, 6.07) is 10.6. The van der Waals surface area contributed by atoms with Crippen molar-refractivity contribution >= 4 is 5.91 Å². The van der Waals surface area contributed by atoms with E-state index < -0.39 is 47.2 Å². The summed E-state index contributed by atoms with van der Waals surface area (Å²) in [5, 5.41) is 13.7. The number of benzene rings is 2. The molecule has 1 N–H and O–H groups in total. The van der Waals surface area contributed by atoms with Gasteiger partial charge in [0.05, 0.1) is 24.3 Å². The molecule has 2 aromatic carbocycles. The SMILES string of the molecule is O=C1CCCN1N1CCC(COC(CO)c2cc(C(F)(F)F)cc(C(F)(F)F)c2)(c2ccccc2)CC1. The molecule has 2 aliphatic heterocycles. The Morgan fingerprint density at radius 3 is 2.00 bits per heavy atom. The van der Waals surface area contributed by atoms with Gasteiger partial charge in [0.1, 0.15) is 6.10 Å². The van der Waals surface area contributed by atoms with Gasteiger partial charge >= 0.3 is 12.4 Å². The molecule has 0 bridgehead atoms. The zero-order chi connectivity index (χ0) is 26.8. The van der Waals surface area contributed by atoms with Gasteiger partial charge in [-0.3, -0.25) is 9.80 Å². The maximum atomic E-state index is 13.4. The number of nitrogens with zero attached hydrogens (tertiary/aromatic N) is 2. The lowest BCUT2D eigenvalue weighted by Gasteiger charge is -2.45. The fourth-order valence-electron chi connectivity index (χ4n) is 5.08. The number of aliphatic hydroxyl groups is 1. The second kappa shape index (κ2) is 10.6. The van der Waals surface area contributed by atoms with E-state index in [1.165, 1.54) is 0 Å². The summed E-state index contributed by atoms with van der Waals surface area (Å²) < 4.78 is 86.0. The normalized spacial score (nSPS) is 19.9. The van der Waals surface area contributed by atoms with E-state index in [2.05, 4.69) is 0 Å². The number of amides is 1. The maximum Gasteiger partial charge on any atom is 0.416 e. The Kier molecular flexibility index (Phi) is 7.87. The largest absolute Gasteiger partial charge is 0.416 e. The van der Waals surface area contributed by atoms with Crippen LogP contribution in [0.25, 0.3) is 0 Å². The first-order valence-corrected chi connectivity index (χ1v) is 12.1. The summed E-state index contributed by atoms with van der Waals surface area (Å²) in [5.41, 5.74) is -2.99. The van der Waals surface area contributed by atoms with Gasteiger partial charge in [0.2, 0.25) is 5.91 Å².